The lowest BCUT2D eigenvalue weighted by Gasteiger charge is -2.21. The van der Waals surface area contributed by atoms with Gasteiger partial charge in [-0.05, 0) is 47.5 Å². The maximum Gasteiger partial charge on any atom is 0.0876 e. The molecule has 15 heavy (non-hydrogen) atoms. The van der Waals surface area contributed by atoms with Gasteiger partial charge in [-0.2, -0.15) is 0 Å². The maximum atomic E-state index is 5.38. The molecule has 1 aliphatic heterocycles. The van der Waals surface area contributed by atoms with Gasteiger partial charge in [0.15, 0.2) is 0 Å². The summed E-state index contributed by atoms with van der Waals surface area (Å²) in [5.41, 5.74) is 1.35. The van der Waals surface area contributed by atoms with Crippen molar-refractivity contribution in [2.45, 2.75) is 18.9 Å². The van der Waals surface area contributed by atoms with Crippen molar-refractivity contribution in [2.75, 3.05) is 13.7 Å². The lowest BCUT2D eigenvalue weighted by atomic mass is 10.0. The summed E-state index contributed by atoms with van der Waals surface area (Å²) in [5.74, 6) is 0. The van der Waals surface area contributed by atoms with Crippen LogP contribution in [0.15, 0.2) is 27.8 Å². The first-order valence-electron chi connectivity index (χ1n) is 5.03. The molecule has 1 aromatic rings. The van der Waals surface area contributed by atoms with Gasteiger partial charge in [0, 0.05) is 14.7 Å². The molecule has 0 saturated heterocycles. The first kappa shape index (κ1) is 11.2. The smallest absolute Gasteiger partial charge is 0.0876 e. The Balaban J connectivity index is 2.19. The molecule has 0 spiro atoms. The monoisotopic (exact) mass is 287 g/mol. The molecule has 1 N–H and O–H groups in total. The summed E-state index contributed by atoms with van der Waals surface area (Å²) < 4.78 is 6.54. The third-order valence-corrected chi connectivity index (χ3v) is 4.25. The van der Waals surface area contributed by atoms with Gasteiger partial charge in [0.1, 0.15) is 0 Å². The summed E-state index contributed by atoms with van der Waals surface area (Å²) in [6.45, 7) is 0.855. The van der Waals surface area contributed by atoms with Crippen molar-refractivity contribution in [3.63, 3.8) is 0 Å². The van der Waals surface area contributed by atoms with E-state index in [1.54, 1.807) is 11.3 Å². The number of hydrogen-bond acceptors (Lipinski definition) is 3. The first-order chi connectivity index (χ1) is 7.31. The quantitative estimate of drug-likeness (QED) is 0.919. The second-order valence-corrected chi connectivity index (χ2v) is 5.41. The van der Waals surface area contributed by atoms with Crippen LogP contribution >= 0.6 is 27.3 Å². The molecule has 4 heteroatoms. The molecular weight excluding hydrogens is 274 g/mol. The second-order valence-electron chi connectivity index (χ2n) is 3.56. The molecule has 2 heterocycles. The van der Waals surface area contributed by atoms with E-state index in [1.807, 2.05) is 13.3 Å². The van der Waals surface area contributed by atoms with Crippen LogP contribution in [0.3, 0.4) is 0 Å². The Morgan fingerprint density at radius 1 is 1.60 bits per heavy atom. The van der Waals surface area contributed by atoms with Gasteiger partial charge >= 0.3 is 0 Å². The Hall–Kier alpha value is -0.320. The van der Waals surface area contributed by atoms with Gasteiger partial charge in [-0.15, -0.1) is 11.3 Å². The molecule has 1 aromatic heterocycles. The number of hydrogen-bond donors (Lipinski definition) is 1. The molecule has 0 fully saturated rings. The molecule has 0 aromatic carbocycles. The molecule has 2 nitrogen and oxygen atoms in total. The van der Waals surface area contributed by atoms with Gasteiger partial charge in [-0.1, -0.05) is 0 Å². The minimum atomic E-state index is 0.307. The van der Waals surface area contributed by atoms with Gasteiger partial charge in [0.05, 0.1) is 18.9 Å². The molecule has 1 atom stereocenters. The van der Waals surface area contributed by atoms with Crippen molar-refractivity contribution in [2.24, 2.45) is 0 Å². The normalized spacial score (nSPS) is 18.1. The van der Waals surface area contributed by atoms with Crippen molar-refractivity contribution in [1.29, 1.82) is 0 Å². The molecule has 1 aliphatic rings. The summed E-state index contributed by atoms with van der Waals surface area (Å²) in [6, 6.07) is 2.47. The number of likely N-dealkylation sites (N-methyl/N-ethyl adjacent to an activating group) is 1. The number of ether oxygens (including phenoxy) is 1. The van der Waals surface area contributed by atoms with Crippen LogP contribution in [0.2, 0.25) is 0 Å². The van der Waals surface area contributed by atoms with Gasteiger partial charge in [0.25, 0.3) is 0 Å². The number of thiophene rings is 1. The van der Waals surface area contributed by atoms with Crippen LogP contribution in [0.1, 0.15) is 23.8 Å². The third-order valence-electron chi connectivity index (χ3n) is 2.49. The van der Waals surface area contributed by atoms with Gasteiger partial charge in [0.2, 0.25) is 0 Å². The summed E-state index contributed by atoms with van der Waals surface area (Å²) in [5, 5.41) is 5.46. The van der Waals surface area contributed by atoms with Crippen LogP contribution < -0.4 is 5.32 Å². The zero-order valence-electron chi connectivity index (χ0n) is 8.63. The summed E-state index contributed by atoms with van der Waals surface area (Å²) in [7, 11) is 1.99. The fourth-order valence-electron chi connectivity index (χ4n) is 1.79. The highest BCUT2D eigenvalue weighted by Gasteiger charge is 2.18. The SMILES string of the molecule is CNC(C1=COCCC1)c1cc(Br)cs1. The first-order valence-corrected chi connectivity index (χ1v) is 6.70. The van der Waals surface area contributed by atoms with E-state index in [-0.39, 0.29) is 0 Å². The summed E-state index contributed by atoms with van der Waals surface area (Å²) >= 11 is 5.26. The van der Waals surface area contributed by atoms with E-state index in [1.165, 1.54) is 10.5 Å². The maximum absolute atomic E-state index is 5.38. The molecular formula is C11H14BrNOS. The standard InChI is InChI=1S/C11H14BrNOS/c1-13-11(8-3-2-4-14-6-8)10-5-9(12)7-15-10/h5-7,11,13H,2-4H2,1H3. The predicted octanol–water partition coefficient (Wildman–Crippen LogP) is 3.47. The van der Waals surface area contributed by atoms with E-state index < -0.39 is 0 Å². The van der Waals surface area contributed by atoms with E-state index in [0.29, 0.717) is 6.04 Å². The van der Waals surface area contributed by atoms with E-state index in [0.717, 1.165) is 23.9 Å². The van der Waals surface area contributed by atoms with E-state index in [2.05, 4.69) is 32.7 Å². The Labute approximate surface area is 102 Å². The minimum absolute atomic E-state index is 0.307. The van der Waals surface area contributed by atoms with Crippen LogP contribution in [0.5, 0.6) is 0 Å². The fourth-order valence-corrected chi connectivity index (χ4v) is 3.38. The molecule has 0 bridgehead atoms. The Bertz CT molecular complexity index is 361. The molecule has 2 rings (SSSR count). The van der Waals surface area contributed by atoms with Gasteiger partial charge in [-0.25, -0.2) is 0 Å². The average Bonchev–Trinajstić information content (AvgIpc) is 2.68. The Morgan fingerprint density at radius 2 is 2.47 bits per heavy atom. The third kappa shape index (κ3) is 2.62. The molecule has 0 amide bonds. The van der Waals surface area contributed by atoms with Crippen molar-refractivity contribution in [3.8, 4) is 0 Å². The van der Waals surface area contributed by atoms with E-state index in [9.17, 15) is 0 Å². The number of nitrogens with one attached hydrogen (secondary N) is 1. The lowest BCUT2D eigenvalue weighted by Crippen LogP contribution is -2.19. The zero-order chi connectivity index (χ0) is 10.7. The highest BCUT2D eigenvalue weighted by molar-refractivity contribution is 9.10. The van der Waals surface area contributed by atoms with E-state index in [4.69, 9.17) is 4.74 Å². The fraction of sp³-hybridized carbons (Fsp3) is 0.455. The Morgan fingerprint density at radius 3 is 3.00 bits per heavy atom. The lowest BCUT2D eigenvalue weighted by molar-refractivity contribution is 0.220. The largest absolute Gasteiger partial charge is 0.501 e. The van der Waals surface area contributed by atoms with Crippen molar-refractivity contribution in [1.82, 2.24) is 5.32 Å². The van der Waals surface area contributed by atoms with Gasteiger partial charge < -0.3 is 10.1 Å². The predicted molar refractivity (Wildman–Crippen MR) is 67.1 cm³/mol. The molecule has 82 valence electrons. The van der Waals surface area contributed by atoms with Crippen molar-refractivity contribution >= 4 is 27.3 Å². The van der Waals surface area contributed by atoms with E-state index >= 15 is 0 Å². The van der Waals surface area contributed by atoms with Crippen LogP contribution in [-0.4, -0.2) is 13.7 Å². The topological polar surface area (TPSA) is 21.3 Å². The Kier molecular flexibility index (Phi) is 3.83. The van der Waals surface area contributed by atoms with Gasteiger partial charge in [-0.3, -0.25) is 0 Å². The van der Waals surface area contributed by atoms with Crippen molar-refractivity contribution in [3.05, 3.63) is 32.6 Å². The molecule has 0 radical (unpaired) electrons. The van der Waals surface area contributed by atoms with Crippen molar-refractivity contribution < 1.29 is 4.74 Å². The molecule has 0 saturated carbocycles. The summed E-state index contributed by atoms with van der Waals surface area (Å²) in [6.07, 6.45) is 4.16. The minimum Gasteiger partial charge on any atom is -0.501 e. The highest BCUT2D eigenvalue weighted by atomic mass is 79.9. The van der Waals surface area contributed by atoms with Crippen LogP contribution in [0.25, 0.3) is 0 Å². The number of rotatable bonds is 3. The number of halogens is 1. The highest BCUT2D eigenvalue weighted by Crippen LogP contribution is 2.32. The van der Waals surface area contributed by atoms with Crippen LogP contribution in [-0.2, 0) is 4.74 Å². The van der Waals surface area contributed by atoms with Crippen LogP contribution in [0, 0.1) is 0 Å². The molecule has 0 aliphatic carbocycles. The second kappa shape index (κ2) is 5.14. The summed E-state index contributed by atoms with van der Waals surface area (Å²) in [4.78, 5) is 1.33. The van der Waals surface area contributed by atoms with Crippen LogP contribution in [0.4, 0.5) is 0 Å². The molecule has 1 unspecified atom stereocenters. The average molecular weight is 288 g/mol. The zero-order valence-corrected chi connectivity index (χ0v) is 11.0.